The van der Waals surface area contributed by atoms with E-state index < -0.39 is 0 Å². The first kappa shape index (κ1) is 17.6. The Morgan fingerprint density at radius 1 is 1.30 bits per heavy atom. The van der Waals surface area contributed by atoms with Crippen LogP contribution in [0.3, 0.4) is 0 Å². The van der Waals surface area contributed by atoms with E-state index in [1.54, 1.807) is 17.8 Å². The zero-order valence-electron chi connectivity index (χ0n) is 11.8. The Kier molecular flexibility index (Phi) is 8.38. The van der Waals surface area contributed by atoms with Gasteiger partial charge in [-0.15, -0.1) is 0 Å². The maximum Gasteiger partial charge on any atom is 0.220 e. The second-order valence-corrected chi connectivity index (χ2v) is 6.62. The molecule has 20 heavy (non-hydrogen) atoms. The summed E-state index contributed by atoms with van der Waals surface area (Å²) in [6.45, 7) is 1.56. The van der Waals surface area contributed by atoms with Crippen LogP contribution in [0.25, 0.3) is 0 Å². The highest BCUT2D eigenvalue weighted by atomic mass is 35.5. The lowest BCUT2D eigenvalue weighted by Gasteiger charge is -2.10. The SMILES string of the molecule is CN(C)CCNC(=O)CCSCc1ccc(Cl)c(Cl)c1. The van der Waals surface area contributed by atoms with E-state index in [1.165, 1.54) is 0 Å². The van der Waals surface area contributed by atoms with Gasteiger partial charge in [0.15, 0.2) is 0 Å². The van der Waals surface area contributed by atoms with Crippen LogP contribution in [0.1, 0.15) is 12.0 Å². The Balaban J connectivity index is 2.15. The maximum atomic E-state index is 11.6. The third kappa shape index (κ3) is 7.39. The van der Waals surface area contributed by atoms with E-state index in [0.717, 1.165) is 23.6 Å². The average molecular weight is 335 g/mol. The van der Waals surface area contributed by atoms with Crippen LogP contribution in [0, 0.1) is 0 Å². The van der Waals surface area contributed by atoms with Crippen LogP contribution in [0.2, 0.25) is 10.0 Å². The lowest BCUT2D eigenvalue weighted by molar-refractivity contribution is -0.120. The Bertz CT molecular complexity index is 441. The van der Waals surface area contributed by atoms with Gasteiger partial charge in [0.25, 0.3) is 0 Å². The number of amides is 1. The maximum absolute atomic E-state index is 11.6. The van der Waals surface area contributed by atoms with Crippen molar-refractivity contribution in [3.8, 4) is 0 Å². The number of halogens is 2. The molecular formula is C14H20Cl2N2OS. The lowest BCUT2D eigenvalue weighted by Crippen LogP contribution is -2.31. The van der Waals surface area contributed by atoms with Crippen molar-refractivity contribution in [2.45, 2.75) is 12.2 Å². The molecular weight excluding hydrogens is 315 g/mol. The Labute approximate surface area is 135 Å². The molecule has 1 rings (SSSR count). The van der Waals surface area contributed by atoms with Gasteiger partial charge in [-0.05, 0) is 31.8 Å². The highest BCUT2D eigenvalue weighted by molar-refractivity contribution is 7.98. The Morgan fingerprint density at radius 3 is 2.70 bits per heavy atom. The van der Waals surface area contributed by atoms with E-state index in [-0.39, 0.29) is 5.91 Å². The van der Waals surface area contributed by atoms with Crippen LogP contribution >= 0.6 is 35.0 Å². The fraction of sp³-hybridized carbons (Fsp3) is 0.500. The van der Waals surface area contributed by atoms with Crippen LogP contribution < -0.4 is 5.32 Å². The molecule has 0 aromatic heterocycles. The smallest absolute Gasteiger partial charge is 0.220 e. The third-order valence-corrected chi connectivity index (χ3v) is 4.38. The van der Waals surface area contributed by atoms with Crippen LogP contribution in [-0.2, 0) is 10.5 Å². The second-order valence-electron chi connectivity index (χ2n) is 4.70. The molecule has 0 heterocycles. The summed E-state index contributed by atoms with van der Waals surface area (Å²) in [6.07, 6.45) is 0.541. The van der Waals surface area contributed by atoms with Gasteiger partial charge >= 0.3 is 0 Å². The van der Waals surface area contributed by atoms with Crippen molar-refractivity contribution in [3.05, 3.63) is 33.8 Å². The number of hydrogen-bond donors (Lipinski definition) is 1. The fourth-order valence-electron chi connectivity index (χ4n) is 1.49. The topological polar surface area (TPSA) is 32.3 Å². The molecule has 0 spiro atoms. The van der Waals surface area contributed by atoms with Crippen LogP contribution in [0.4, 0.5) is 0 Å². The summed E-state index contributed by atoms with van der Waals surface area (Å²) in [5.74, 6) is 1.74. The van der Waals surface area contributed by atoms with Gasteiger partial charge in [0, 0.05) is 31.0 Å². The van der Waals surface area contributed by atoms with Gasteiger partial charge < -0.3 is 10.2 Å². The van der Waals surface area contributed by atoms with Crippen LogP contribution in [0.15, 0.2) is 18.2 Å². The van der Waals surface area contributed by atoms with Crippen molar-refractivity contribution in [3.63, 3.8) is 0 Å². The molecule has 112 valence electrons. The summed E-state index contributed by atoms with van der Waals surface area (Å²) in [4.78, 5) is 13.6. The molecule has 1 N–H and O–H groups in total. The molecule has 0 aliphatic carbocycles. The first-order valence-electron chi connectivity index (χ1n) is 6.42. The number of carbonyl (C=O) groups excluding carboxylic acids is 1. The first-order chi connectivity index (χ1) is 9.49. The number of carbonyl (C=O) groups is 1. The second kappa shape index (κ2) is 9.50. The van der Waals surface area contributed by atoms with Crippen molar-refractivity contribution in [2.24, 2.45) is 0 Å². The number of nitrogens with zero attached hydrogens (tertiary/aromatic N) is 1. The number of rotatable bonds is 8. The van der Waals surface area contributed by atoms with Crippen LogP contribution in [-0.4, -0.2) is 43.7 Å². The summed E-state index contributed by atoms with van der Waals surface area (Å²) < 4.78 is 0. The molecule has 0 radical (unpaired) electrons. The normalized spacial score (nSPS) is 10.8. The summed E-state index contributed by atoms with van der Waals surface area (Å²) >= 11 is 13.5. The van der Waals surface area contributed by atoms with Gasteiger partial charge in [0.2, 0.25) is 5.91 Å². The van der Waals surface area contributed by atoms with Crippen molar-refractivity contribution >= 4 is 40.9 Å². The molecule has 0 fully saturated rings. The van der Waals surface area contributed by atoms with Crippen molar-refractivity contribution in [1.29, 1.82) is 0 Å². The minimum Gasteiger partial charge on any atom is -0.355 e. The standard InChI is InChI=1S/C14H20Cl2N2OS/c1-18(2)7-6-17-14(19)5-8-20-10-11-3-4-12(15)13(16)9-11/h3-4,9H,5-8,10H2,1-2H3,(H,17,19). The Hall–Kier alpha value is -0.420. The van der Waals surface area contributed by atoms with Gasteiger partial charge in [0.05, 0.1) is 10.0 Å². The monoisotopic (exact) mass is 334 g/mol. The minimum absolute atomic E-state index is 0.105. The fourth-order valence-corrected chi connectivity index (χ4v) is 2.70. The van der Waals surface area contributed by atoms with Crippen molar-refractivity contribution < 1.29 is 4.79 Å². The van der Waals surface area contributed by atoms with Gasteiger partial charge in [-0.1, -0.05) is 29.3 Å². The summed E-state index contributed by atoms with van der Waals surface area (Å²) in [7, 11) is 3.97. The molecule has 0 atom stereocenters. The van der Waals surface area contributed by atoms with E-state index in [1.807, 2.05) is 31.1 Å². The molecule has 0 unspecified atom stereocenters. The lowest BCUT2D eigenvalue weighted by atomic mass is 10.2. The first-order valence-corrected chi connectivity index (χ1v) is 8.33. The van der Waals surface area contributed by atoms with Gasteiger partial charge in [-0.25, -0.2) is 0 Å². The zero-order chi connectivity index (χ0) is 15.0. The predicted molar refractivity (Wildman–Crippen MR) is 88.8 cm³/mol. The molecule has 1 aromatic rings. The van der Waals surface area contributed by atoms with E-state index in [0.29, 0.717) is 23.0 Å². The third-order valence-electron chi connectivity index (χ3n) is 2.61. The minimum atomic E-state index is 0.105. The number of likely N-dealkylation sites (N-methyl/N-ethyl adjacent to an activating group) is 1. The quantitative estimate of drug-likeness (QED) is 0.740. The molecule has 3 nitrogen and oxygen atoms in total. The van der Waals surface area contributed by atoms with Crippen molar-refractivity contribution in [2.75, 3.05) is 32.9 Å². The summed E-state index contributed by atoms with van der Waals surface area (Å²) in [5, 5.41) is 4.04. The predicted octanol–water partition coefficient (Wildman–Crippen LogP) is 3.29. The summed E-state index contributed by atoms with van der Waals surface area (Å²) in [6, 6.07) is 5.63. The summed E-state index contributed by atoms with van der Waals surface area (Å²) in [5.41, 5.74) is 1.12. The molecule has 6 heteroatoms. The van der Waals surface area contributed by atoms with E-state index >= 15 is 0 Å². The van der Waals surface area contributed by atoms with Gasteiger partial charge in [-0.3, -0.25) is 4.79 Å². The molecule has 0 saturated carbocycles. The Morgan fingerprint density at radius 2 is 2.05 bits per heavy atom. The largest absolute Gasteiger partial charge is 0.355 e. The average Bonchev–Trinajstić information content (AvgIpc) is 2.38. The van der Waals surface area contributed by atoms with E-state index in [2.05, 4.69) is 5.32 Å². The molecule has 0 aliphatic heterocycles. The molecule has 0 bridgehead atoms. The number of nitrogens with one attached hydrogen (secondary N) is 1. The molecule has 0 aliphatic rings. The highest BCUT2D eigenvalue weighted by Crippen LogP contribution is 2.24. The molecule has 1 aromatic carbocycles. The number of hydrogen-bond acceptors (Lipinski definition) is 3. The van der Waals surface area contributed by atoms with Crippen LogP contribution in [0.5, 0.6) is 0 Å². The van der Waals surface area contributed by atoms with E-state index in [4.69, 9.17) is 23.2 Å². The number of thioether (sulfide) groups is 1. The van der Waals surface area contributed by atoms with Gasteiger partial charge in [-0.2, -0.15) is 11.8 Å². The number of benzene rings is 1. The highest BCUT2D eigenvalue weighted by Gasteiger charge is 2.03. The van der Waals surface area contributed by atoms with Crippen molar-refractivity contribution in [1.82, 2.24) is 10.2 Å². The molecule has 0 saturated heterocycles. The molecule has 1 amide bonds. The zero-order valence-corrected chi connectivity index (χ0v) is 14.1. The van der Waals surface area contributed by atoms with E-state index in [9.17, 15) is 4.79 Å². The van der Waals surface area contributed by atoms with Gasteiger partial charge in [0.1, 0.15) is 0 Å².